The first kappa shape index (κ1) is 14.4. The molecule has 2 rings (SSSR count). The van der Waals surface area contributed by atoms with Crippen LogP contribution in [0.2, 0.25) is 5.02 Å². The number of hydrogen-bond donors (Lipinski definition) is 0. The Hall–Kier alpha value is -2.01. The van der Waals surface area contributed by atoms with E-state index in [4.69, 9.17) is 16.3 Å². The lowest BCUT2D eigenvalue weighted by Gasteiger charge is -2.07. The van der Waals surface area contributed by atoms with E-state index in [-0.39, 0.29) is 10.6 Å². The molecular weight excluding hydrogens is 293 g/mol. The molecule has 0 fully saturated rings. The SMILES string of the molecule is COc1ccc(C(=O)c2c(F)cc(F)cc2F)cc1Cl. The number of methoxy groups -OCH3 is 1. The maximum atomic E-state index is 13.5. The monoisotopic (exact) mass is 300 g/mol. The van der Waals surface area contributed by atoms with Gasteiger partial charge in [0.25, 0.3) is 0 Å². The molecule has 0 aliphatic heterocycles. The lowest BCUT2D eigenvalue weighted by atomic mass is 10.0. The van der Waals surface area contributed by atoms with Crippen molar-refractivity contribution < 1.29 is 22.7 Å². The van der Waals surface area contributed by atoms with Gasteiger partial charge < -0.3 is 4.74 Å². The molecule has 0 saturated carbocycles. The zero-order chi connectivity index (χ0) is 14.9. The van der Waals surface area contributed by atoms with Crippen LogP contribution in [-0.4, -0.2) is 12.9 Å². The van der Waals surface area contributed by atoms with E-state index in [1.165, 1.54) is 25.3 Å². The smallest absolute Gasteiger partial charge is 0.198 e. The van der Waals surface area contributed by atoms with Crippen LogP contribution in [-0.2, 0) is 0 Å². The van der Waals surface area contributed by atoms with Crippen molar-refractivity contribution in [3.05, 3.63) is 63.9 Å². The van der Waals surface area contributed by atoms with Crippen LogP contribution in [0.3, 0.4) is 0 Å². The predicted octanol–water partition coefficient (Wildman–Crippen LogP) is 4.00. The second-order valence-electron chi connectivity index (χ2n) is 3.92. The Morgan fingerprint density at radius 2 is 1.70 bits per heavy atom. The first-order valence-corrected chi connectivity index (χ1v) is 5.84. The molecular formula is C14H8ClF3O2. The van der Waals surface area contributed by atoms with Crippen molar-refractivity contribution in [2.75, 3.05) is 7.11 Å². The highest BCUT2D eigenvalue weighted by molar-refractivity contribution is 6.32. The Bertz CT molecular complexity index is 663. The van der Waals surface area contributed by atoms with Gasteiger partial charge in [-0.05, 0) is 18.2 Å². The van der Waals surface area contributed by atoms with E-state index in [2.05, 4.69) is 0 Å². The Morgan fingerprint density at radius 1 is 1.10 bits per heavy atom. The summed E-state index contributed by atoms with van der Waals surface area (Å²) in [4.78, 5) is 12.0. The summed E-state index contributed by atoms with van der Waals surface area (Å²) < 4.78 is 44.8. The van der Waals surface area contributed by atoms with Gasteiger partial charge >= 0.3 is 0 Å². The number of carbonyl (C=O) groups is 1. The fourth-order valence-corrected chi connectivity index (χ4v) is 1.97. The molecule has 0 aromatic heterocycles. The molecule has 104 valence electrons. The quantitative estimate of drug-likeness (QED) is 0.801. The summed E-state index contributed by atoms with van der Waals surface area (Å²) in [6.07, 6.45) is 0. The van der Waals surface area contributed by atoms with Crippen molar-refractivity contribution in [1.82, 2.24) is 0 Å². The van der Waals surface area contributed by atoms with Gasteiger partial charge in [-0.1, -0.05) is 11.6 Å². The highest BCUT2D eigenvalue weighted by atomic mass is 35.5. The van der Waals surface area contributed by atoms with Crippen LogP contribution in [0.5, 0.6) is 5.75 Å². The molecule has 2 aromatic carbocycles. The number of rotatable bonds is 3. The van der Waals surface area contributed by atoms with Crippen LogP contribution >= 0.6 is 11.6 Å². The molecule has 0 aliphatic rings. The van der Waals surface area contributed by atoms with E-state index < -0.39 is 28.8 Å². The van der Waals surface area contributed by atoms with E-state index in [0.717, 1.165) is 0 Å². The predicted molar refractivity (Wildman–Crippen MR) is 67.8 cm³/mol. The highest BCUT2D eigenvalue weighted by Gasteiger charge is 2.21. The van der Waals surface area contributed by atoms with Gasteiger partial charge in [-0.25, -0.2) is 13.2 Å². The fraction of sp³-hybridized carbons (Fsp3) is 0.0714. The van der Waals surface area contributed by atoms with Crippen LogP contribution in [0, 0.1) is 17.5 Å². The number of ether oxygens (including phenoxy) is 1. The summed E-state index contributed by atoms with van der Waals surface area (Å²) in [6.45, 7) is 0. The number of hydrogen-bond acceptors (Lipinski definition) is 2. The molecule has 0 atom stereocenters. The van der Waals surface area contributed by atoms with Gasteiger partial charge in [0.1, 0.15) is 23.2 Å². The molecule has 2 aromatic rings. The van der Waals surface area contributed by atoms with Crippen molar-refractivity contribution in [1.29, 1.82) is 0 Å². The summed E-state index contributed by atoms with van der Waals surface area (Å²) >= 11 is 5.84. The van der Waals surface area contributed by atoms with E-state index >= 15 is 0 Å². The first-order valence-electron chi connectivity index (χ1n) is 5.47. The minimum absolute atomic E-state index is 0.0276. The lowest BCUT2D eigenvalue weighted by molar-refractivity contribution is 0.103. The molecule has 0 amide bonds. The molecule has 0 aliphatic carbocycles. The molecule has 2 nitrogen and oxygen atoms in total. The van der Waals surface area contributed by atoms with Crippen molar-refractivity contribution in [3.8, 4) is 5.75 Å². The number of halogens is 4. The lowest BCUT2D eigenvalue weighted by Crippen LogP contribution is -2.08. The Balaban J connectivity index is 2.49. The fourth-order valence-electron chi connectivity index (χ4n) is 1.71. The Morgan fingerprint density at radius 3 is 2.20 bits per heavy atom. The third kappa shape index (κ3) is 2.63. The van der Waals surface area contributed by atoms with E-state index in [0.29, 0.717) is 17.9 Å². The Kier molecular flexibility index (Phi) is 3.99. The van der Waals surface area contributed by atoms with E-state index in [1.807, 2.05) is 0 Å². The van der Waals surface area contributed by atoms with Crippen molar-refractivity contribution >= 4 is 17.4 Å². The van der Waals surface area contributed by atoms with Gasteiger partial charge in [-0.15, -0.1) is 0 Å². The summed E-state index contributed by atoms with van der Waals surface area (Å²) in [5, 5.41) is 0.126. The standard InChI is InChI=1S/C14H8ClF3O2/c1-20-12-3-2-7(4-9(12)15)14(19)13-10(17)5-8(16)6-11(13)18/h2-6H,1H3. The van der Waals surface area contributed by atoms with Crippen molar-refractivity contribution in [3.63, 3.8) is 0 Å². The normalized spacial score (nSPS) is 10.4. The molecule has 0 spiro atoms. The van der Waals surface area contributed by atoms with Gasteiger partial charge in [-0.2, -0.15) is 0 Å². The topological polar surface area (TPSA) is 26.3 Å². The third-order valence-electron chi connectivity index (χ3n) is 2.65. The maximum absolute atomic E-state index is 13.5. The summed E-state index contributed by atoms with van der Waals surface area (Å²) in [5.74, 6) is -4.23. The second-order valence-corrected chi connectivity index (χ2v) is 4.33. The average molecular weight is 301 g/mol. The van der Waals surface area contributed by atoms with Gasteiger partial charge in [0.2, 0.25) is 0 Å². The van der Waals surface area contributed by atoms with Crippen LogP contribution < -0.4 is 4.74 Å². The average Bonchev–Trinajstić information content (AvgIpc) is 2.37. The van der Waals surface area contributed by atoms with Gasteiger partial charge in [0, 0.05) is 17.7 Å². The zero-order valence-corrected chi connectivity index (χ0v) is 11.0. The van der Waals surface area contributed by atoms with E-state index in [1.54, 1.807) is 0 Å². The van der Waals surface area contributed by atoms with Gasteiger partial charge in [0.05, 0.1) is 17.7 Å². The summed E-state index contributed by atoms with van der Waals surface area (Å²) in [7, 11) is 1.39. The van der Waals surface area contributed by atoms with E-state index in [9.17, 15) is 18.0 Å². The second kappa shape index (κ2) is 5.54. The molecule has 0 saturated heterocycles. The molecule has 6 heteroatoms. The van der Waals surface area contributed by atoms with Crippen molar-refractivity contribution in [2.24, 2.45) is 0 Å². The third-order valence-corrected chi connectivity index (χ3v) is 2.94. The minimum Gasteiger partial charge on any atom is -0.495 e. The number of ketones is 1. The molecule has 20 heavy (non-hydrogen) atoms. The summed E-state index contributed by atoms with van der Waals surface area (Å²) in [6, 6.07) is 4.83. The van der Waals surface area contributed by atoms with Crippen LogP contribution in [0.1, 0.15) is 15.9 Å². The maximum Gasteiger partial charge on any atom is 0.198 e. The van der Waals surface area contributed by atoms with Gasteiger partial charge in [-0.3, -0.25) is 4.79 Å². The molecule has 0 heterocycles. The largest absolute Gasteiger partial charge is 0.495 e. The summed E-state index contributed by atoms with van der Waals surface area (Å²) in [5.41, 5.74) is -0.854. The Labute approximate surface area is 117 Å². The van der Waals surface area contributed by atoms with Crippen LogP contribution in [0.4, 0.5) is 13.2 Å². The van der Waals surface area contributed by atoms with Crippen LogP contribution in [0.25, 0.3) is 0 Å². The number of benzene rings is 2. The van der Waals surface area contributed by atoms with Crippen molar-refractivity contribution in [2.45, 2.75) is 0 Å². The minimum atomic E-state index is -1.26. The zero-order valence-electron chi connectivity index (χ0n) is 10.2. The molecule has 0 radical (unpaired) electrons. The highest BCUT2D eigenvalue weighted by Crippen LogP contribution is 2.27. The molecule has 0 bridgehead atoms. The number of carbonyl (C=O) groups excluding carboxylic acids is 1. The molecule has 0 N–H and O–H groups in total. The first-order chi connectivity index (χ1) is 9.43. The van der Waals surface area contributed by atoms with Gasteiger partial charge in [0.15, 0.2) is 5.78 Å². The van der Waals surface area contributed by atoms with Crippen LogP contribution in [0.15, 0.2) is 30.3 Å². The molecule has 0 unspecified atom stereocenters.